The molecule has 1 atom stereocenters. The standard InChI is InChI=1S/C18H19ClO/c1-18(20,16-6-3-7-17(19)12-16)15-10-8-14(9-11-15)13-4-2-5-13/h3,6-13,20H,2,4-5H2,1H3. The van der Waals surface area contributed by atoms with E-state index in [0.717, 1.165) is 17.0 Å². The Morgan fingerprint density at radius 2 is 1.75 bits per heavy atom. The van der Waals surface area contributed by atoms with Crippen molar-refractivity contribution in [1.29, 1.82) is 0 Å². The van der Waals surface area contributed by atoms with Gasteiger partial charge in [-0.15, -0.1) is 0 Å². The Bertz CT molecular complexity index is 597. The van der Waals surface area contributed by atoms with Crippen LogP contribution in [0.3, 0.4) is 0 Å². The molecule has 0 radical (unpaired) electrons. The van der Waals surface area contributed by atoms with E-state index in [1.165, 1.54) is 24.8 Å². The van der Waals surface area contributed by atoms with Gasteiger partial charge in [0.25, 0.3) is 0 Å². The van der Waals surface area contributed by atoms with E-state index in [1.807, 2.05) is 43.3 Å². The van der Waals surface area contributed by atoms with Gasteiger partial charge in [0.15, 0.2) is 0 Å². The minimum atomic E-state index is -1.01. The summed E-state index contributed by atoms with van der Waals surface area (Å²) >= 11 is 6.02. The number of aliphatic hydroxyl groups is 1. The fourth-order valence-electron chi connectivity index (χ4n) is 2.78. The minimum absolute atomic E-state index is 0.647. The quantitative estimate of drug-likeness (QED) is 0.854. The number of halogens is 1. The Hall–Kier alpha value is -1.31. The van der Waals surface area contributed by atoms with Gasteiger partial charge < -0.3 is 5.11 Å². The van der Waals surface area contributed by atoms with Gasteiger partial charge in [-0.05, 0) is 54.5 Å². The lowest BCUT2D eigenvalue weighted by atomic mass is 9.79. The van der Waals surface area contributed by atoms with Crippen molar-refractivity contribution in [2.24, 2.45) is 0 Å². The molecule has 1 aliphatic carbocycles. The monoisotopic (exact) mass is 286 g/mol. The fraction of sp³-hybridized carbons (Fsp3) is 0.333. The Morgan fingerprint density at radius 1 is 1.05 bits per heavy atom. The largest absolute Gasteiger partial charge is 0.381 e. The minimum Gasteiger partial charge on any atom is -0.381 e. The van der Waals surface area contributed by atoms with Crippen molar-refractivity contribution >= 4 is 11.6 Å². The lowest BCUT2D eigenvalue weighted by Gasteiger charge is -2.28. The third-order valence-electron chi connectivity index (χ3n) is 4.44. The van der Waals surface area contributed by atoms with E-state index in [4.69, 9.17) is 11.6 Å². The average Bonchev–Trinajstić information content (AvgIpc) is 2.37. The zero-order chi connectivity index (χ0) is 14.2. The first kappa shape index (κ1) is 13.7. The molecule has 0 amide bonds. The molecule has 0 bridgehead atoms. The molecular weight excluding hydrogens is 268 g/mol. The summed E-state index contributed by atoms with van der Waals surface area (Å²) in [6.07, 6.45) is 3.93. The molecule has 20 heavy (non-hydrogen) atoms. The summed E-state index contributed by atoms with van der Waals surface area (Å²) in [5.41, 5.74) is 2.11. The second kappa shape index (κ2) is 5.23. The third-order valence-corrected chi connectivity index (χ3v) is 4.67. The maximum Gasteiger partial charge on any atom is 0.112 e. The molecule has 1 saturated carbocycles. The van der Waals surface area contributed by atoms with E-state index in [1.54, 1.807) is 0 Å². The molecule has 0 aromatic heterocycles. The highest BCUT2D eigenvalue weighted by Crippen LogP contribution is 2.37. The fourth-order valence-corrected chi connectivity index (χ4v) is 2.97. The average molecular weight is 287 g/mol. The van der Waals surface area contributed by atoms with Crippen molar-refractivity contribution < 1.29 is 5.11 Å². The molecular formula is C18H19ClO. The van der Waals surface area contributed by atoms with Gasteiger partial charge in [-0.3, -0.25) is 0 Å². The van der Waals surface area contributed by atoms with Gasteiger partial charge >= 0.3 is 0 Å². The highest BCUT2D eigenvalue weighted by atomic mass is 35.5. The SMILES string of the molecule is CC(O)(c1ccc(C2CCC2)cc1)c1cccc(Cl)c1. The Kier molecular flexibility index (Phi) is 3.57. The van der Waals surface area contributed by atoms with Gasteiger partial charge in [0.1, 0.15) is 5.60 Å². The second-order valence-electron chi connectivity index (χ2n) is 5.83. The van der Waals surface area contributed by atoms with E-state index in [0.29, 0.717) is 5.02 Å². The molecule has 1 unspecified atom stereocenters. The van der Waals surface area contributed by atoms with Crippen LogP contribution in [-0.4, -0.2) is 5.11 Å². The smallest absolute Gasteiger partial charge is 0.112 e. The third kappa shape index (κ3) is 2.48. The highest BCUT2D eigenvalue weighted by Gasteiger charge is 2.26. The summed E-state index contributed by atoms with van der Waals surface area (Å²) in [5, 5.41) is 11.5. The molecule has 0 aliphatic heterocycles. The summed E-state index contributed by atoms with van der Waals surface area (Å²) in [4.78, 5) is 0. The first-order valence-corrected chi connectivity index (χ1v) is 7.54. The summed E-state index contributed by atoms with van der Waals surface area (Å²) in [5.74, 6) is 0.722. The first-order valence-electron chi connectivity index (χ1n) is 7.16. The predicted molar refractivity (Wildman–Crippen MR) is 83.2 cm³/mol. The Balaban J connectivity index is 1.90. The van der Waals surface area contributed by atoms with Crippen molar-refractivity contribution in [2.45, 2.75) is 37.7 Å². The molecule has 0 heterocycles. The molecule has 2 aromatic carbocycles. The maximum absolute atomic E-state index is 10.8. The van der Waals surface area contributed by atoms with Gasteiger partial charge in [-0.2, -0.15) is 0 Å². The van der Waals surface area contributed by atoms with Crippen LogP contribution in [0.4, 0.5) is 0 Å². The summed E-state index contributed by atoms with van der Waals surface area (Å²) in [6.45, 7) is 1.82. The summed E-state index contributed by atoms with van der Waals surface area (Å²) < 4.78 is 0. The molecule has 0 spiro atoms. The van der Waals surface area contributed by atoms with Crippen LogP contribution in [-0.2, 0) is 5.60 Å². The molecule has 1 fully saturated rings. The van der Waals surface area contributed by atoms with Crippen molar-refractivity contribution in [1.82, 2.24) is 0 Å². The van der Waals surface area contributed by atoms with Crippen LogP contribution < -0.4 is 0 Å². The van der Waals surface area contributed by atoms with Crippen LogP contribution in [0.15, 0.2) is 48.5 Å². The van der Waals surface area contributed by atoms with Crippen LogP contribution in [0, 0.1) is 0 Å². The topological polar surface area (TPSA) is 20.2 Å². The summed E-state index contributed by atoms with van der Waals surface area (Å²) in [7, 11) is 0. The van der Waals surface area contributed by atoms with Crippen LogP contribution in [0.2, 0.25) is 5.02 Å². The Morgan fingerprint density at radius 3 is 2.30 bits per heavy atom. The molecule has 2 aromatic rings. The van der Waals surface area contributed by atoms with Gasteiger partial charge in [-0.1, -0.05) is 54.4 Å². The van der Waals surface area contributed by atoms with Crippen molar-refractivity contribution in [3.63, 3.8) is 0 Å². The molecule has 1 aliphatic rings. The number of hydrogen-bond donors (Lipinski definition) is 1. The van der Waals surface area contributed by atoms with Gasteiger partial charge in [0.2, 0.25) is 0 Å². The van der Waals surface area contributed by atoms with E-state index >= 15 is 0 Å². The van der Waals surface area contributed by atoms with Gasteiger partial charge in [0, 0.05) is 5.02 Å². The van der Waals surface area contributed by atoms with E-state index < -0.39 is 5.60 Å². The summed E-state index contributed by atoms with van der Waals surface area (Å²) in [6, 6.07) is 15.8. The molecule has 1 N–H and O–H groups in total. The van der Waals surface area contributed by atoms with E-state index in [-0.39, 0.29) is 0 Å². The zero-order valence-electron chi connectivity index (χ0n) is 11.6. The van der Waals surface area contributed by atoms with Crippen LogP contribution >= 0.6 is 11.6 Å². The Labute approximate surface area is 125 Å². The van der Waals surface area contributed by atoms with Crippen LogP contribution in [0.5, 0.6) is 0 Å². The van der Waals surface area contributed by atoms with Gasteiger partial charge in [-0.25, -0.2) is 0 Å². The molecule has 1 nitrogen and oxygen atoms in total. The normalized spacial score (nSPS) is 18.4. The first-order chi connectivity index (χ1) is 9.57. The lowest BCUT2D eigenvalue weighted by Crippen LogP contribution is -2.22. The molecule has 104 valence electrons. The van der Waals surface area contributed by atoms with Crippen LogP contribution in [0.1, 0.15) is 48.8 Å². The van der Waals surface area contributed by atoms with E-state index in [2.05, 4.69) is 12.1 Å². The highest BCUT2D eigenvalue weighted by molar-refractivity contribution is 6.30. The number of hydrogen-bond acceptors (Lipinski definition) is 1. The van der Waals surface area contributed by atoms with Crippen molar-refractivity contribution in [3.8, 4) is 0 Å². The lowest BCUT2D eigenvalue weighted by molar-refractivity contribution is 0.102. The van der Waals surface area contributed by atoms with Crippen LogP contribution in [0.25, 0.3) is 0 Å². The zero-order valence-corrected chi connectivity index (χ0v) is 12.4. The van der Waals surface area contributed by atoms with Crippen molar-refractivity contribution in [2.75, 3.05) is 0 Å². The molecule has 2 heteroatoms. The van der Waals surface area contributed by atoms with Gasteiger partial charge in [0.05, 0.1) is 0 Å². The molecule has 3 rings (SSSR count). The van der Waals surface area contributed by atoms with E-state index in [9.17, 15) is 5.11 Å². The predicted octanol–water partition coefficient (Wildman–Crippen LogP) is 4.86. The number of benzene rings is 2. The molecule has 0 saturated heterocycles. The number of rotatable bonds is 3. The maximum atomic E-state index is 10.8. The second-order valence-corrected chi connectivity index (χ2v) is 6.27. The van der Waals surface area contributed by atoms with Crippen molar-refractivity contribution in [3.05, 3.63) is 70.2 Å².